The van der Waals surface area contributed by atoms with Gasteiger partial charge in [-0.2, -0.15) is 0 Å². The number of morpholine rings is 1. The van der Waals surface area contributed by atoms with Crippen molar-refractivity contribution >= 4 is 25.1 Å². The van der Waals surface area contributed by atoms with Crippen molar-refractivity contribution in [3.8, 4) is 11.5 Å². The van der Waals surface area contributed by atoms with Gasteiger partial charge in [0.2, 0.25) is 0 Å². The molecule has 11 heteroatoms. The molecule has 1 unspecified atom stereocenters. The number of carboxylic acid groups (broad SMARTS) is 1. The van der Waals surface area contributed by atoms with E-state index in [0.29, 0.717) is 37.8 Å². The fraction of sp³-hybridized carbons (Fsp3) is 0.316. The van der Waals surface area contributed by atoms with Crippen molar-refractivity contribution in [1.29, 1.82) is 0 Å². The van der Waals surface area contributed by atoms with Gasteiger partial charge in [-0.3, -0.25) is 4.79 Å². The Labute approximate surface area is 178 Å². The molecule has 30 heavy (non-hydrogen) atoms. The molecule has 1 heterocycles. The molecule has 0 spiro atoms. The van der Waals surface area contributed by atoms with Gasteiger partial charge in [0.15, 0.2) is 6.29 Å². The first-order valence-electron chi connectivity index (χ1n) is 9.25. The van der Waals surface area contributed by atoms with Gasteiger partial charge >= 0.3 is 13.6 Å². The Morgan fingerprint density at radius 2 is 1.57 bits per heavy atom. The van der Waals surface area contributed by atoms with Crippen LogP contribution in [-0.4, -0.2) is 63.4 Å². The van der Waals surface area contributed by atoms with Crippen LogP contribution >= 0.6 is 7.60 Å². The molecule has 9 nitrogen and oxygen atoms in total. The lowest BCUT2D eigenvalue weighted by molar-refractivity contribution is -0.137. The van der Waals surface area contributed by atoms with Crippen LogP contribution in [0.4, 0.5) is 0 Å². The maximum atomic E-state index is 13.7. The topological polar surface area (TPSA) is 112 Å². The molecular weight excluding hydrogens is 431 g/mol. The maximum absolute atomic E-state index is 13.7. The third-order valence-electron chi connectivity index (χ3n) is 4.03. The van der Waals surface area contributed by atoms with E-state index in [1.165, 1.54) is 0 Å². The van der Waals surface area contributed by atoms with Gasteiger partial charge in [-0.05, 0) is 24.3 Å². The van der Waals surface area contributed by atoms with Crippen molar-refractivity contribution in [3.63, 3.8) is 0 Å². The van der Waals surface area contributed by atoms with E-state index in [2.05, 4.69) is 0 Å². The van der Waals surface area contributed by atoms with Crippen LogP contribution in [0, 0.1) is 0 Å². The summed E-state index contributed by atoms with van der Waals surface area (Å²) >= 11 is -1.85. The Morgan fingerprint density at radius 3 is 2.03 bits per heavy atom. The van der Waals surface area contributed by atoms with Crippen LogP contribution in [0.15, 0.2) is 60.7 Å². The molecule has 0 saturated carbocycles. The maximum Gasteiger partial charge on any atom is 0.449 e. The molecule has 3 rings (SSSR count). The Balaban J connectivity index is 1.85. The number of nitrogens with zero attached hydrogens (tertiary/aromatic N) is 2. The second-order valence-corrected chi connectivity index (χ2v) is 9.73. The minimum atomic E-state index is -3.97. The predicted octanol–water partition coefficient (Wildman–Crippen LogP) is 2.59. The van der Waals surface area contributed by atoms with Gasteiger partial charge in [-0.1, -0.05) is 40.7 Å². The molecule has 1 aliphatic heterocycles. The zero-order chi connectivity index (χ0) is 21.4. The smallest absolute Gasteiger partial charge is 0.449 e. The van der Waals surface area contributed by atoms with Crippen LogP contribution in [0.3, 0.4) is 0 Å². The summed E-state index contributed by atoms with van der Waals surface area (Å²) in [6.07, 6.45) is -0.479. The van der Waals surface area contributed by atoms with E-state index in [9.17, 15) is 19.0 Å². The molecule has 1 atom stereocenters. The first kappa shape index (κ1) is 22.6. The van der Waals surface area contributed by atoms with Crippen LogP contribution in [0.25, 0.3) is 0 Å². The van der Waals surface area contributed by atoms with Crippen LogP contribution in [-0.2, 0) is 25.6 Å². The highest BCUT2D eigenvalue weighted by Gasteiger charge is 2.40. The number of aliphatic carboxylic acids is 1. The Kier molecular flexibility index (Phi) is 8.15. The number of benzene rings is 2. The van der Waals surface area contributed by atoms with Gasteiger partial charge in [0.05, 0.1) is 26.3 Å². The SMILES string of the molecule is O=C(O)CN(CP(=O)(Oc1ccccc1)Oc1ccccc1)[S+]([O-])N1CCOCC1. The lowest BCUT2D eigenvalue weighted by Crippen LogP contribution is -2.50. The van der Waals surface area contributed by atoms with Crippen molar-refractivity contribution in [2.24, 2.45) is 0 Å². The minimum Gasteiger partial charge on any atom is -0.578 e. The van der Waals surface area contributed by atoms with Gasteiger partial charge in [0.25, 0.3) is 0 Å². The van der Waals surface area contributed by atoms with E-state index < -0.39 is 37.9 Å². The van der Waals surface area contributed by atoms with Crippen LogP contribution in [0.5, 0.6) is 11.5 Å². The number of carbonyl (C=O) groups is 1. The molecule has 162 valence electrons. The van der Waals surface area contributed by atoms with Gasteiger partial charge in [0.1, 0.15) is 29.6 Å². The summed E-state index contributed by atoms with van der Waals surface area (Å²) in [4.78, 5) is 11.4. The fourth-order valence-corrected chi connectivity index (χ4v) is 6.08. The summed E-state index contributed by atoms with van der Waals surface area (Å²) in [7, 11) is -3.97. The Hall–Kier alpha value is -2.07. The Bertz CT molecular complexity index is 807. The van der Waals surface area contributed by atoms with Crippen molar-refractivity contribution < 1.29 is 32.8 Å². The van der Waals surface area contributed by atoms with Crippen molar-refractivity contribution in [1.82, 2.24) is 8.61 Å². The monoisotopic (exact) mass is 454 g/mol. The molecule has 0 radical (unpaired) electrons. The summed E-state index contributed by atoms with van der Waals surface area (Å²) in [5.74, 6) is -0.615. The van der Waals surface area contributed by atoms with E-state index in [0.717, 1.165) is 4.31 Å². The normalized spacial score (nSPS) is 16.2. The molecule has 0 amide bonds. The molecule has 0 aliphatic carbocycles. The number of ether oxygens (including phenoxy) is 1. The molecular formula is C19H23N2O7PS. The molecule has 2 aromatic rings. The lowest BCUT2D eigenvalue weighted by atomic mass is 10.3. The summed E-state index contributed by atoms with van der Waals surface area (Å²) in [5, 5.41) is 9.32. The summed E-state index contributed by atoms with van der Waals surface area (Å²) in [5.41, 5.74) is 0. The number of rotatable bonds is 10. The number of hydrogen-bond acceptors (Lipinski definition) is 8. The molecule has 1 saturated heterocycles. The molecule has 2 aromatic carbocycles. The van der Waals surface area contributed by atoms with Gasteiger partial charge in [-0.25, -0.2) is 4.57 Å². The largest absolute Gasteiger partial charge is 0.578 e. The number of para-hydroxylation sites is 2. The Morgan fingerprint density at radius 1 is 1.07 bits per heavy atom. The van der Waals surface area contributed by atoms with E-state index in [1.54, 1.807) is 65.0 Å². The van der Waals surface area contributed by atoms with Gasteiger partial charge < -0.3 is 23.4 Å². The van der Waals surface area contributed by atoms with Gasteiger partial charge in [-0.15, -0.1) is 4.31 Å². The molecule has 1 N–H and O–H groups in total. The van der Waals surface area contributed by atoms with E-state index in [4.69, 9.17) is 13.8 Å². The number of carboxylic acids is 1. The molecule has 0 bridgehead atoms. The average molecular weight is 454 g/mol. The average Bonchev–Trinajstić information content (AvgIpc) is 2.74. The fourth-order valence-electron chi connectivity index (χ4n) is 2.73. The number of hydrogen-bond donors (Lipinski definition) is 1. The van der Waals surface area contributed by atoms with Crippen LogP contribution in [0.1, 0.15) is 0 Å². The van der Waals surface area contributed by atoms with E-state index in [-0.39, 0.29) is 0 Å². The third kappa shape index (κ3) is 6.73. The third-order valence-corrected chi connectivity index (χ3v) is 7.39. The quantitative estimate of drug-likeness (QED) is 0.428. The lowest BCUT2D eigenvalue weighted by Gasteiger charge is -2.33. The molecule has 0 aromatic heterocycles. The van der Waals surface area contributed by atoms with Gasteiger partial charge in [0, 0.05) is 0 Å². The highest BCUT2D eigenvalue weighted by atomic mass is 32.2. The minimum absolute atomic E-state index is 0.296. The summed E-state index contributed by atoms with van der Waals surface area (Å²) in [6.45, 7) is 0.902. The molecule has 1 aliphatic rings. The standard InChI is InChI=1S/C19H23N2O7PS/c22-19(23)15-21(30(25)20-11-13-26-14-12-20)16-29(24,27-17-7-3-1-4-8-17)28-18-9-5-2-6-10-18/h1-10H,11-16H2,(H,22,23). The van der Waals surface area contributed by atoms with Crippen molar-refractivity contribution in [2.45, 2.75) is 0 Å². The van der Waals surface area contributed by atoms with E-state index >= 15 is 0 Å². The second kappa shape index (κ2) is 10.8. The zero-order valence-corrected chi connectivity index (χ0v) is 17.9. The zero-order valence-electron chi connectivity index (χ0n) is 16.2. The van der Waals surface area contributed by atoms with Crippen LogP contribution < -0.4 is 9.05 Å². The first-order chi connectivity index (χ1) is 14.5. The predicted molar refractivity (Wildman–Crippen MR) is 111 cm³/mol. The van der Waals surface area contributed by atoms with E-state index in [1.807, 2.05) is 0 Å². The highest BCUT2D eigenvalue weighted by Crippen LogP contribution is 2.49. The second-order valence-electron chi connectivity index (χ2n) is 6.37. The molecule has 1 fully saturated rings. The van der Waals surface area contributed by atoms with Crippen molar-refractivity contribution in [2.75, 3.05) is 39.1 Å². The van der Waals surface area contributed by atoms with Crippen LogP contribution in [0.2, 0.25) is 0 Å². The summed E-state index contributed by atoms with van der Waals surface area (Å²) < 4.78 is 46.0. The van der Waals surface area contributed by atoms with Crippen molar-refractivity contribution in [3.05, 3.63) is 60.7 Å². The highest BCUT2D eigenvalue weighted by molar-refractivity contribution is 7.87. The first-order valence-corrected chi connectivity index (χ1v) is 12.0. The summed E-state index contributed by atoms with van der Waals surface area (Å²) in [6, 6.07) is 16.9.